The molecule has 0 bridgehead atoms. The number of aliphatic hydroxyl groups excluding tert-OH is 1. The predicted octanol–water partition coefficient (Wildman–Crippen LogP) is 2.65. The highest BCUT2D eigenvalue weighted by atomic mass is 16.3. The zero-order valence-corrected chi connectivity index (χ0v) is 15.0. The lowest BCUT2D eigenvalue weighted by Crippen LogP contribution is -2.41. The van der Waals surface area contributed by atoms with Crippen LogP contribution >= 0.6 is 0 Å². The lowest BCUT2D eigenvalue weighted by Gasteiger charge is -2.16. The van der Waals surface area contributed by atoms with Crippen molar-refractivity contribution < 1.29 is 14.7 Å². The average molecular weight is 352 g/mol. The van der Waals surface area contributed by atoms with E-state index < -0.39 is 5.91 Å². The van der Waals surface area contributed by atoms with Crippen LogP contribution in [0.15, 0.2) is 60.3 Å². The first-order chi connectivity index (χ1) is 12.5. The maximum Gasteiger partial charge on any atom is 0.268 e. The number of nitrogens with one attached hydrogen (secondary N) is 2. The lowest BCUT2D eigenvalue weighted by atomic mass is 10.1. The van der Waals surface area contributed by atoms with Crippen LogP contribution in [0.5, 0.6) is 0 Å². The maximum absolute atomic E-state index is 12.6. The minimum Gasteiger partial charge on any atom is -0.394 e. The molecule has 2 amide bonds. The number of carbonyl (C=O) groups is 2. The number of hydrogen-bond acceptors (Lipinski definition) is 3. The van der Waals surface area contributed by atoms with Crippen LogP contribution in [0.2, 0.25) is 0 Å². The van der Waals surface area contributed by atoms with Gasteiger partial charge in [0.1, 0.15) is 5.70 Å². The van der Waals surface area contributed by atoms with E-state index in [9.17, 15) is 14.7 Å². The third-order valence-corrected chi connectivity index (χ3v) is 3.97. The summed E-state index contributed by atoms with van der Waals surface area (Å²) in [5, 5.41) is 14.7. The maximum atomic E-state index is 12.6. The fourth-order valence-electron chi connectivity index (χ4n) is 2.31. The summed E-state index contributed by atoms with van der Waals surface area (Å²) >= 11 is 0. The summed E-state index contributed by atoms with van der Waals surface area (Å²) in [5.74, 6) is -0.799. The Kier molecular flexibility index (Phi) is 7.12. The normalized spacial score (nSPS) is 12.3. The van der Waals surface area contributed by atoms with Crippen LogP contribution in [0.3, 0.4) is 0 Å². The SMILES string of the molecule is CCC(CO)NC(=O)C(=Cc1ccc(C)cc1)NC(=O)c1ccccc1. The van der Waals surface area contributed by atoms with Crippen LogP contribution in [-0.2, 0) is 4.79 Å². The summed E-state index contributed by atoms with van der Waals surface area (Å²) in [4.78, 5) is 25.1. The molecule has 2 aromatic carbocycles. The Labute approximate surface area is 153 Å². The van der Waals surface area contributed by atoms with Gasteiger partial charge in [0.25, 0.3) is 11.8 Å². The molecule has 0 radical (unpaired) electrons. The van der Waals surface area contributed by atoms with Crippen LogP contribution in [0, 0.1) is 6.92 Å². The zero-order chi connectivity index (χ0) is 18.9. The molecule has 0 saturated heterocycles. The van der Waals surface area contributed by atoms with Gasteiger partial charge < -0.3 is 15.7 Å². The fraction of sp³-hybridized carbons (Fsp3) is 0.238. The van der Waals surface area contributed by atoms with E-state index in [1.807, 2.05) is 44.2 Å². The fourth-order valence-corrected chi connectivity index (χ4v) is 2.31. The van der Waals surface area contributed by atoms with Gasteiger partial charge in [-0.15, -0.1) is 0 Å². The second-order valence-electron chi connectivity index (χ2n) is 6.05. The van der Waals surface area contributed by atoms with Gasteiger partial charge in [0.2, 0.25) is 0 Å². The van der Waals surface area contributed by atoms with E-state index in [2.05, 4.69) is 10.6 Å². The summed E-state index contributed by atoms with van der Waals surface area (Å²) in [6.07, 6.45) is 2.21. The van der Waals surface area contributed by atoms with Crippen LogP contribution in [0.25, 0.3) is 6.08 Å². The molecule has 5 nitrogen and oxygen atoms in total. The average Bonchev–Trinajstić information content (AvgIpc) is 2.67. The van der Waals surface area contributed by atoms with E-state index in [4.69, 9.17) is 0 Å². The molecule has 0 heterocycles. The smallest absolute Gasteiger partial charge is 0.268 e. The molecule has 2 rings (SSSR count). The quantitative estimate of drug-likeness (QED) is 0.670. The van der Waals surface area contributed by atoms with E-state index in [0.29, 0.717) is 12.0 Å². The number of aryl methyl sites for hydroxylation is 1. The number of amides is 2. The van der Waals surface area contributed by atoms with Crippen molar-refractivity contribution in [2.75, 3.05) is 6.61 Å². The first-order valence-corrected chi connectivity index (χ1v) is 8.60. The van der Waals surface area contributed by atoms with Crippen LogP contribution < -0.4 is 10.6 Å². The summed E-state index contributed by atoms with van der Waals surface area (Å²) in [6, 6.07) is 16.0. The zero-order valence-electron chi connectivity index (χ0n) is 15.0. The first kappa shape index (κ1) is 19.4. The molecule has 0 aliphatic heterocycles. The van der Waals surface area contributed by atoms with Crippen molar-refractivity contribution >= 4 is 17.9 Å². The number of benzene rings is 2. The minimum atomic E-state index is -0.434. The van der Waals surface area contributed by atoms with Gasteiger partial charge in [0.15, 0.2) is 0 Å². The molecule has 2 aromatic rings. The molecule has 3 N–H and O–H groups in total. The first-order valence-electron chi connectivity index (χ1n) is 8.60. The molecule has 0 aliphatic carbocycles. The van der Waals surface area contributed by atoms with Gasteiger partial charge in [0.05, 0.1) is 12.6 Å². The van der Waals surface area contributed by atoms with Crippen molar-refractivity contribution in [3.05, 3.63) is 77.0 Å². The van der Waals surface area contributed by atoms with Crippen LogP contribution in [0.1, 0.15) is 34.8 Å². The lowest BCUT2D eigenvalue weighted by molar-refractivity contribution is -0.118. The summed E-state index contributed by atoms with van der Waals surface area (Å²) in [6.45, 7) is 3.69. The standard InChI is InChI=1S/C21H24N2O3/c1-3-18(14-24)22-21(26)19(13-16-11-9-15(2)10-12-16)23-20(25)17-7-5-4-6-8-17/h4-13,18,24H,3,14H2,1-2H3,(H,22,26)(H,23,25). The van der Waals surface area contributed by atoms with E-state index in [1.165, 1.54) is 0 Å². The molecule has 5 heteroatoms. The van der Waals surface area contributed by atoms with Gasteiger partial charge in [-0.05, 0) is 37.1 Å². The Morgan fingerprint density at radius 2 is 1.73 bits per heavy atom. The highest BCUT2D eigenvalue weighted by Crippen LogP contribution is 2.09. The minimum absolute atomic E-state index is 0.134. The van der Waals surface area contributed by atoms with Crippen molar-refractivity contribution in [1.82, 2.24) is 10.6 Å². The largest absolute Gasteiger partial charge is 0.394 e. The van der Waals surface area contributed by atoms with E-state index in [-0.39, 0.29) is 24.3 Å². The Morgan fingerprint density at radius 1 is 1.08 bits per heavy atom. The predicted molar refractivity (Wildman–Crippen MR) is 102 cm³/mol. The van der Waals surface area contributed by atoms with E-state index in [0.717, 1.165) is 11.1 Å². The number of aliphatic hydroxyl groups is 1. The number of hydrogen-bond donors (Lipinski definition) is 3. The number of carbonyl (C=O) groups excluding carboxylic acids is 2. The van der Waals surface area contributed by atoms with Crippen LogP contribution in [-0.4, -0.2) is 29.6 Å². The van der Waals surface area contributed by atoms with E-state index in [1.54, 1.807) is 30.3 Å². The molecule has 1 atom stereocenters. The summed E-state index contributed by atoms with van der Waals surface area (Å²) < 4.78 is 0. The van der Waals surface area contributed by atoms with Gasteiger partial charge >= 0.3 is 0 Å². The van der Waals surface area contributed by atoms with Gasteiger partial charge in [-0.1, -0.05) is 55.0 Å². The molecule has 136 valence electrons. The monoisotopic (exact) mass is 352 g/mol. The van der Waals surface area contributed by atoms with Crippen molar-refractivity contribution in [1.29, 1.82) is 0 Å². The third kappa shape index (κ3) is 5.57. The topological polar surface area (TPSA) is 78.4 Å². The van der Waals surface area contributed by atoms with Crippen molar-refractivity contribution in [3.8, 4) is 0 Å². The van der Waals surface area contributed by atoms with Gasteiger partial charge in [-0.25, -0.2) is 0 Å². The summed E-state index contributed by atoms with van der Waals surface area (Å²) in [7, 11) is 0. The third-order valence-electron chi connectivity index (χ3n) is 3.97. The highest BCUT2D eigenvalue weighted by Gasteiger charge is 2.17. The molecule has 26 heavy (non-hydrogen) atoms. The van der Waals surface area contributed by atoms with Gasteiger partial charge in [-0.3, -0.25) is 9.59 Å². The molecule has 0 aliphatic rings. The molecule has 1 unspecified atom stereocenters. The number of rotatable bonds is 7. The molecule has 0 fully saturated rings. The Bertz CT molecular complexity index is 764. The second-order valence-corrected chi connectivity index (χ2v) is 6.05. The van der Waals surface area contributed by atoms with Crippen molar-refractivity contribution in [3.63, 3.8) is 0 Å². The molecular weight excluding hydrogens is 328 g/mol. The molecule has 0 aromatic heterocycles. The van der Waals surface area contributed by atoms with Gasteiger partial charge in [-0.2, -0.15) is 0 Å². The molecule has 0 spiro atoms. The molecular formula is C21H24N2O3. The summed E-state index contributed by atoms with van der Waals surface area (Å²) in [5.41, 5.74) is 2.50. The highest BCUT2D eigenvalue weighted by molar-refractivity contribution is 6.05. The van der Waals surface area contributed by atoms with E-state index >= 15 is 0 Å². The Morgan fingerprint density at radius 3 is 2.31 bits per heavy atom. The van der Waals surface area contributed by atoms with Gasteiger partial charge in [0, 0.05) is 5.56 Å². The van der Waals surface area contributed by atoms with Crippen LogP contribution in [0.4, 0.5) is 0 Å². The van der Waals surface area contributed by atoms with Crippen molar-refractivity contribution in [2.24, 2.45) is 0 Å². The Hall–Kier alpha value is -2.92. The van der Waals surface area contributed by atoms with Crippen molar-refractivity contribution in [2.45, 2.75) is 26.3 Å². The second kappa shape index (κ2) is 9.53. The molecule has 0 saturated carbocycles. The Balaban J connectivity index is 2.27.